The van der Waals surface area contributed by atoms with Gasteiger partial charge in [0, 0.05) is 17.3 Å². The average molecular weight is 323 g/mol. The van der Waals surface area contributed by atoms with Crippen molar-refractivity contribution in [1.82, 2.24) is 0 Å². The molecule has 2 aromatic rings. The molecule has 0 fully saturated rings. The lowest BCUT2D eigenvalue weighted by atomic mass is 10.1. The molecule has 0 bridgehead atoms. The van der Waals surface area contributed by atoms with Gasteiger partial charge in [0.05, 0.1) is 16.3 Å². The van der Waals surface area contributed by atoms with Crippen molar-refractivity contribution in [3.63, 3.8) is 0 Å². The Bertz CT molecular complexity index is 671. The Morgan fingerprint density at radius 3 is 2.57 bits per heavy atom. The van der Waals surface area contributed by atoms with Gasteiger partial charge >= 0.3 is 0 Å². The van der Waals surface area contributed by atoms with Crippen LogP contribution in [0.15, 0.2) is 36.4 Å². The number of anilines is 2. The van der Waals surface area contributed by atoms with Gasteiger partial charge in [-0.05, 0) is 49.7 Å². The second-order valence-corrected chi connectivity index (χ2v) is 5.50. The van der Waals surface area contributed by atoms with Crippen LogP contribution >= 0.6 is 23.2 Å². The number of hydrogen-bond donors (Lipinski definition) is 2. The van der Waals surface area contributed by atoms with Crippen molar-refractivity contribution in [1.29, 1.82) is 0 Å². The van der Waals surface area contributed by atoms with Gasteiger partial charge in [0.15, 0.2) is 0 Å². The van der Waals surface area contributed by atoms with E-state index in [1.807, 2.05) is 26.0 Å². The minimum Gasteiger partial charge on any atom is -0.385 e. The van der Waals surface area contributed by atoms with Crippen LogP contribution in [0.3, 0.4) is 0 Å². The highest BCUT2D eigenvalue weighted by atomic mass is 35.5. The Morgan fingerprint density at radius 1 is 1.10 bits per heavy atom. The first-order valence-corrected chi connectivity index (χ1v) is 7.37. The summed E-state index contributed by atoms with van der Waals surface area (Å²) in [5.74, 6) is -0.249. The number of halogens is 2. The first kappa shape index (κ1) is 15.7. The van der Waals surface area contributed by atoms with Crippen LogP contribution in [0.2, 0.25) is 10.0 Å². The highest BCUT2D eigenvalue weighted by molar-refractivity contribution is 6.34. The second-order valence-electron chi connectivity index (χ2n) is 4.66. The van der Waals surface area contributed by atoms with Crippen LogP contribution in [0, 0.1) is 6.92 Å². The number of hydrogen-bond acceptors (Lipinski definition) is 2. The molecule has 0 atom stereocenters. The van der Waals surface area contributed by atoms with E-state index in [1.165, 1.54) is 0 Å². The van der Waals surface area contributed by atoms with Crippen molar-refractivity contribution in [2.75, 3.05) is 17.2 Å². The van der Waals surface area contributed by atoms with E-state index < -0.39 is 0 Å². The summed E-state index contributed by atoms with van der Waals surface area (Å²) in [5.41, 5.74) is 2.84. The molecule has 0 saturated heterocycles. The molecule has 0 aliphatic carbocycles. The average Bonchev–Trinajstić information content (AvgIpc) is 2.45. The smallest absolute Gasteiger partial charge is 0.257 e. The van der Waals surface area contributed by atoms with Crippen molar-refractivity contribution in [3.05, 3.63) is 57.6 Å². The number of nitrogens with one attached hydrogen (secondary N) is 2. The second kappa shape index (κ2) is 6.83. The normalized spacial score (nSPS) is 10.3. The fraction of sp³-hybridized carbons (Fsp3) is 0.188. The monoisotopic (exact) mass is 322 g/mol. The molecule has 110 valence electrons. The van der Waals surface area contributed by atoms with Crippen LogP contribution in [0.5, 0.6) is 0 Å². The predicted octanol–water partition coefficient (Wildman–Crippen LogP) is 4.99. The van der Waals surface area contributed by atoms with Gasteiger partial charge in [-0.3, -0.25) is 4.79 Å². The van der Waals surface area contributed by atoms with Crippen LogP contribution in [0.25, 0.3) is 0 Å². The Morgan fingerprint density at radius 2 is 1.86 bits per heavy atom. The number of aryl methyl sites for hydroxylation is 1. The Labute approximate surface area is 134 Å². The quantitative estimate of drug-likeness (QED) is 0.832. The minimum atomic E-state index is -0.249. The fourth-order valence-corrected chi connectivity index (χ4v) is 2.31. The topological polar surface area (TPSA) is 41.1 Å². The number of amides is 1. The van der Waals surface area contributed by atoms with Gasteiger partial charge in [-0.1, -0.05) is 29.3 Å². The maximum absolute atomic E-state index is 12.5. The summed E-state index contributed by atoms with van der Waals surface area (Å²) in [6.45, 7) is 4.62. The molecule has 21 heavy (non-hydrogen) atoms. The van der Waals surface area contributed by atoms with E-state index in [4.69, 9.17) is 23.2 Å². The Kier molecular flexibility index (Phi) is 5.10. The summed E-state index contributed by atoms with van der Waals surface area (Å²) in [5, 5.41) is 6.98. The molecule has 0 aromatic heterocycles. The molecule has 0 heterocycles. The number of rotatable bonds is 4. The maximum Gasteiger partial charge on any atom is 0.257 e. The van der Waals surface area contributed by atoms with Crippen LogP contribution in [0.1, 0.15) is 22.8 Å². The first-order chi connectivity index (χ1) is 10.0. The van der Waals surface area contributed by atoms with Crippen LogP contribution in [-0.2, 0) is 0 Å². The molecule has 2 rings (SSSR count). The zero-order valence-corrected chi connectivity index (χ0v) is 13.3. The number of carbonyl (C=O) groups is 1. The largest absolute Gasteiger partial charge is 0.385 e. The molecule has 1 amide bonds. The van der Waals surface area contributed by atoms with Crippen LogP contribution in [-0.4, -0.2) is 12.5 Å². The van der Waals surface area contributed by atoms with E-state index in [1.54, 1.807) is 24.3 Å². The zero-order valence-electron chi connectivity index (χ0n) is 11.8. The molecule has 0 aliphatic heterocycles. The van der Waals surface area contributed by atoms with E-state index in [0.29, 0.717) is 27.8 Å². The maximum atomic E-state index is 12.5. The van der Waals surface area contributed by atoms with E-state index in [2.05, 4.69) is 10.6 Å². The molecular formula is C16H16Cl2N2O. The van der Waals surface area contributed by atoms with Crippen molar-refractivity contribution >= 4 is 40.5 Å². The Balaban J connectivity index is 2.31. The Hall–Kier alpha value is -1.71. The van der Waals surface area contributed by atoms with E-state index in [-0.39, 0.29) is 5.91 Å². The molecule has 2 aromatic carbocycles. The third-order valence-electron chi connectivity index (χ3n) is 2.96. The molecule has 2 N–H and O–H groups in total. The summed E-state index contributed by atoms with van der Waals surface area (Å²) in [7, 11) is 0. The van der Waals surface area contributed by atoms with Gasteiger partial charge in [-0.2, -0.15) is 0 Å². The molecule has 0 radical (unpaired) electrons. The van der Waals surface area contributed by atoms with Crippen molar-refractivity contribution in [3.8, 4) is 0 Å². The van der Waals surface area contributed by atoms with Gasteiger partial charge in [-0.25, -0.2) is 0 Å². The zero-order chi connectivity index (χ0) is 15.4. The number of benzene rings is 2. The van der Waals surface area contributed by atoms with Crippen molar-refractivity contribution in [2.45, 2.75) is 13.8 Å². The van der Waals surface area contributed by atoms with Gasteiger partial charge in [0.25, 0.3) is 5.91 Å². The molecular weight excluding hydrogens is 307 g/mol. The molecule has 0 spiro atoms. The summed E-state index contributed by atoms with van der Waals surface area (Å²) in [6.07, 6.45) is 0. The van der Waals surface area contributed by atoms with E-state index in [0.717, 1.165) is 11.3 Å². The number of carbonyl (C=O) groups excluding carboxylic acids is 1. The third kappa shape index (κ3) is 3.90. The summed E-state index contributed by atoms with van der Waals surface area (Å²) in [4.78, 5) is 12.5. The van der Waals surface area contributed by atoms with Crippen LogP contribution < -0.4 is 10.6 Å². The molecule has 0 unspecified atom stereocenters. The van der Waals surface area contributed by atoms with Gasteiger partial charge in [0.1, 0.15) is 0 Å². The summed E-state index contributed by atoms with van der Waals surface area (Å²) >= 11 is 12.1. The fourth-order valence-electron chi connectivity index (χ4n) is 1.97. The highest BCUT2D eigenvalue weighted by Gasteiger charge is 2.13. The van der Waals surface area contributed by atoms with Crippen molar-refractivity contribution < 1.29 is 4.79 Å². The van der Waals surface area contributed by atoms with E-state index >= 15 is 0 Å². The lowest BCUT2D eigenvalue weighted by Gasteiger charge is -2.13. The lowest BCUT2D eigenvalue weighted by molar-refractivity contribution is 0.102. The first-order valence-electron chi connectivity index (χ1n) is 6.62. The summed E-state index contributed by atoms with van der Waals surface area (Å²) in [6, 6.07) is 10.7. The lowest BCUT2D eigenvalue weighted by Crippen LogP contribution is -2.15. The van der Waals surface area contributed by atoms with Gasteiger partial charge in [0.2, 0.25) is 0 Å². The highest BCUT2D eigenvalue weighted by Crippen LogP contribution is 2.26. The molecule has 3 nitrogen and oxygen atoms in total. The van der Waals surface area contributed by atoms with Crippen LogP contribution in [0.4, 0.5) is 11.4 Å². The van der Waals surface area contributed by atoms with E-state index in [9.17, 15) is 4.79 Å². The minimum absolute atomic E-state index is 0.249. The standard InChI is InChI=1S/C16H16Cl2N2O/c1-3-19-14-7-5-11(17)9-12(14)16(21)20-15-8-10(2)4-6-13(15)18/h4-9,19H,3H2,1-2H3,(H,20,21). The predicted molar refractivity (Wildman–Crippen MR) is 89.8 cm³/mol. The van der Waals surface area contributed by atoms with Gasteiger partial charge < -0.3 is 10.6 Å². The molecule has 5 heteroatoms. The third-order valence-corrected chi connectivity index (χ3v) is 3.53. The van der Waals surface area contributed by atoms with Gasteiger partial charge in [-0.15, -0.1) is 0 Å². The van der Waals surface area contributed by atoms with Crippen molar-refractivity contribution in [2.24, 2.45) is 0 Å². The summed E-state index contributed by atoms with van der Waals surface area (Å²) < 4.78 is 0. The SMILES string of the molecule is CCNc1ccc(Cl)cc1C(=O)Nc1cc(C)ccc1Cl. The molecule has 0 saturated carbocycles. The molecule has 0 aliphatic rings.